The maximum Gasteiger partial charge on any atom is 0.416 e. The van der Waals surface area contributed by atoms with Gasteiger partial charge in [0.1, 0.15) is 0 Å². The third-order valence-electron chi connectivity index (χ3n) is 4.11. The van der Waals surface area contributed by atoms with Crippen LogP contribution in [0.1, 0.15) is 22.4 Å². The van der Waals surface area contributed by atoms with E-state index in [1.165, 1.54) is 24.5 Å². The van der Waals surface area contributed by atoms with Crippen molar-refractivity contribution in [1.29, 1.82) is 0 Å². The van der Waals surface area contributed by atoms with Crippen molar-refractivity contribution < 1.29 is 13.2 Å². The predicted octanol–water partition coefficient (Wildman–Crippen LogP) is 5.80. The lowest BCUT2D eigenvalue weighted by Crippen LogP contribution is -2.06. The van der Waals surface area contributed by atoms with Gasteiger partial charge in [-0.1, -0.05) is 23.2 Å². The quantitative estimate of drug-likeness (QED) is 0.555. The van der Waals surface area contributed by atoms with Crippen LogP contribution in [0.4, 0.5) is 13.2 Å². The molecule has 0 fully saturated rings. The molecule has 126 valence electrons. The van der Waals surface area contributed by atoms with E-state index in [2.05, 4.69) is 4.98 Å². The molecule has 0 saturated carbocycles. The number of nitrogens with zero attached hydrogens (tertiary/aromatic N) is 2. The van der Waals surface area contributed by atoms with Gasteiger partial charge in [0.15, 0.2) is 0 Å². The summed E-state index contributed by atoms with van der Waals surface area (Å²) in [5.41, 5.74) is 1.97. The van der Waals surface area contributed by atoms with Crippen LogP contribution in [0.15, 0.2) is 30.6 Å². The molecule has 0 N–H and O–H groups in total. The molecule has 0 radical (unpaired) electrons. The first kappa shape index (κ1) is 17.1. The molecule has 0 saturated heterocycles. The van der Waals surface area contributed by atoms with Crippen molar-refractivity contribution in [2.75, 3.05) is 0 Å². The zero-order valence-corrected chi connectivity index (χ0v) is 14.4. The maximum absolute atomic E-state index is 13.0. The van der Waals surface area contributed by atoms with Crippen molar-refractivity contribution in [1.82, 2.24) is 9.55 Å². The van der Waals surface area contributed by atoms with Crippen LogP contribution in [0.5, 0.6) is 0 Å². The highest BCUT2D eigenvalue weighted by atomic mass is 35.5. The van der Waals surface area contributed by atoms with Crippen molar-refractivity contribution >= 4 is 34.1 Å². The van der Waals surface area contributed by atoms with Gasteiger partial charge in [-0.25, -0.2) is 0 Å². The first-order valence-electron chi connectivity index (χ1n) is 7.12. The van der Waals surface area contributed by atoms with Crippen LogP contribution in [0.2, 0.25) is 10.0 Å². The minimum atomic E-state index is -4.37. The molecule has 0 spiro atoms. The summed E-state index contributed by atoms with van der Waals surface area (Å²) >= 11 is 12.3. The number of fused-ring (bicyclic) bond motifs is 1. The first-order chi connectivity index (χ1) is 11.2. The van der Waals surface area contributed by atoms with Gasteiger partial charge in [0.05, 0.1) is 15.6 Å². The number of benzene rings is 1. The van der Waals surface area contributed by atoms with Crippen LogP contribution >= 0.6 is 23.2 Å². The fraction of sp³-hybridized carbons (Fsp3) is 0.235. The summed E-state index contributed by atoms with van der Waals surface area (Å²) in [5, 5.41) is 1.64. The molecule has 0 aliphatic rings. The van der Waals surface area contributed by atoms with Crippen molar-refractivity contribution in [2.45, 2.75) is 19.5 Å². The second-order valence-corrected chi connectivity index (χ2v) is 6.49. The molecule has 0 aliphatic carbocycles. The van der Waals surface area contributed by atoms with Gasteiger partial charge in [-0.2, -0.15) is 13.2 Å². The highest BCUT2D eigenvalue weighted by Crippen LogP contribution is 2.35. The van der Waals surface area contributed by atoms with Crippen LogP contribution in [-0.4, -0.2) is 9.55 Å². The van der Waals surface area contributed by atoms with E-state index in [0.717, 1.165) is 11.1 Å². The average molecular weight is 373 g/mol. The lowest BCUT2D eigenvalue weighted by molar-refractivity contribution is -0.137. The molecule has 7 heteroatoms. The molecule has 24 heavy (non-hydrogen) atoms. The standard InChI is InChI=1S/C17H13Cl2F3N2/c1-9-3-10(17(20,21)22)4-16-12(9)5-11(24(16)2)6-13-14(18)7-23-8-15(13)19/h3-5,7-8H,6H2,1-2H3. The summed E-state index contributed by atoms with van der Waals surface area (Å²) < 4.78 is 40.8. The molecule has 0 bridgehead atoms. The van der Waals surface area contributed by atoms with E-state index in [9.17, 15) is 13.2 Å². The molecular formula is C17H13Cl2F3N2. The Kier molecular flexibility index (Phi) is 4.26. The van der Waals surface area contributed by atoms with E-state index in [1.807, 2.05) is 6.07 Å². The van der Waals surface area contributed by atoms with Crippen LogP contribution in [-0.2, 0) is 19.6 Å². The van der Waals surface area contributed by atoms with Crippen molar-refractivity contribution in [3.63, 3.8) is 0 Å². The molecule has 0 aliphatic heterocycles. The molecular weight excluding hydrogens is 360 g/mol. The summed E-state index contributed by atoms with van der Waals surface area (Å²) in [4.78, 5) is 3.91. The highest BCUT2D eigenvalue weighted by molar-refractivity contribution is 6.35. The molecule has 0 unspecified atom stereocenters. The number of rotatable bonds is 2. The fourth-order valence-electron chi connectivity index (χ4n) is 2.78. The average Bonchev–Trinajstić information content (AvgIpc) is 2.80. The Balaban J connectivity index is 2.14. The van der Waals surface area contributed by atoms with Gasteiger partial charge in [0, 0.05) is 42.5 Å². The van der Waals surface area contributed by atoms with Crippen molar-refractivity contribution in [2.24, 2.45) is 7.05 Å². The normalized spacial score (nSPS) is 12.1. The van der Waals surface area contributed by atoms with Crippen LogP contribution < -0.4 is 0 Å². The van der Waals surface area contributed by atoms with Gasteiger partial charge in [-0.05, 0) is 36.2 Å². The third kappa shape index (κ3) is 2.98. The second kappa shape index (κ2) is 5.97. The SMILES string of the molecule is Cc1cc(C(F)(F)F)cc2c1cc(Cc1c(Cl)cncc1Cl)n2C. The Morgan fingerprint density at radius 2 is 1.71 bits per heavy atom. The second-order valence-electron chi connectivity index (χ2n) is 5.68. The molecule has 2 heterocycles. The number of alkyl halides is 3. The first-order valence-corrected chi connectivity index (χ1v) is 7.88. The molecule has 2 nitrogen and oxygen atoms in total. The molecule has 0 atom stereocenters. The van der Waals surface area contributed by atoms with Gasteiger partial charge < -0.3 is 4.57 Å². The van der Waals surface area contributed by atoms with Crippen LogP contribution in [0, 0.1) is 6.92 Å². The minimum Gasteiger partial charge on any atom is -0.347 e. The van der Waals surface area contributed by atoms with Gasteiger partial charge in [0.2, 0.25) is 0 Å². The van der Waals surface area contributed by atoms with Gasteiger partial charge >= 0.3 is 6.18 Å². The van der Waals surface area contributed by atoms with Gasteiger partial charge in [-0.15, -0.1) is 0 Å². The zero-order valence-electron chi connectivity index (χ0n) is 12.9. The summed E-state index contributed by atoms with van der Waals surface area (Å²) in [6.45, 7) is 1.67. The molecule has 2 aromatic heterocycles. The lowest BCUT2D eigenvalue weighted by Gasteiger charge is -2.10. The highest BCUT2D eigenvalue weighted by Gasteiger charge is 2.31. The monoisotopic (exact) mass is 372 g/mol. The Labute approximate surface area is 146 Å². The largest absolute Gasteiger partial charge is 0.416 e. The smallest absolute Gasteiger partial charge is 0.347 e. The van der Waals surface area contributed by atoms with Gasteiger partial charge in [-0.3, -0.25) is 4.98 Å². The predicted molar refractivity (Wildman–Crippen MR) is 89.7 cm³/mol. The Hall–Kier alpha value is -1.72. The molecule has 3 aromatic rings. The summed E-state index contributed by atoms with van der Waals surface area (Å²) in [5.74, 6) is 0. The topological polar surface area (TPSA) is 17.8 Å². The Morgan fingerprint density at radius 3 is 2.29 bits per heavy atom. The molecule has 3 rings (SSSR count). The number of pyridine rings is 1. The molecule has 1 aromatic carbocycles. The van der Waals surface area contributed by atoms with E-state index < -0.39 is 11.7 Å². The number of halogens is 5. The van der Waals surface area contributed by atoms with Crippen LogP contribution in [0.25, 0.3) is 10.9 Å². The third-order valence-corrected chi connectivity index (χ3v) is 4.76. The fourth-order valence-corrected chi connectivity index (χ4v) is 3.28. The lowest BCUT2D eigenvalue weighted by atomic mass is 10.1. The maximum atomic E-state index is 13.0. The summed E-state index contributed by atoms with van der Waals surface area (Å²) in [6, 6.07) is 4.21. The van der Waals surface area contributed by atoms with Crippen LogP contribution in [0.3, 0.4) is 0 Å². The zero-order chi connectivity index (χ0) is 17.6. The summed E-state index contributed by atoms with van der Waals surface area (Å²) in [6.07, 6.45) is -0.968. The van der Waals surface area contributed by atoms with E-state index in [4.69, 9.17) is 23.2 Å². The molecule has 0 amide bonds. The number of hydrogen-bond donors (Lipinski definition) is 0. The Morgan fingerprint density at radius 1 is 1.08 bits per heavy atom. The number of aryl methyl sites for hydroxylation is 2. The summed E-state index contributed by atoms with van der Waals surface area (Å²) in [7, 11) is 1.74. The van der Waals surface area contributed by atoms with Gasteiger partial charge in [0.25, 0.3) is 0 Å². The van der Waals surface area contributed by atoms with E-state index >= 15 is 0 Å². The number of aromatic nitrogens is 2. The minimum absolute atomic E-state index is 0.409. The van der Waals surface area contributed by atoms with Crippen molar-refractivity contribution in [3.8, 4) is 0 Å². The Bertz CT molecular complexity index is 909. The number of hydrogen-bond acceptors (Lipinski definition) is 1. The van der Waals surface area contributed by atoms with Crippen molar-refractivity contribution in [3.05, 3.63) is 63.0 Å². The van der Waals surface area contributed by atoms with E-state index in [1.54, 1.807) is 18.5 Å². The van der Waals surface area contributed by atoms with E-state index in [0.29, 0.717) is 33.1 Å². The van der Waals surface area contributed by atoms with E-state index in [-0.39, 0.29) is 0 Å².